The Morgan fingerprint density at radius 2 is 1.70 bits per heavy atom. The van der Waals surface area contributed by atoms with Gasteiger partial charge in [-0.15, -0.1) is 11.3 Å². The van der Waals surface area contributed by atoms with Crippen LogP contribution in [-0.4, -0.2) is 53.5 Å². The molecule has 180 valence electrons. The fourth-order valence-corrected chi connectivity index (χ4v) is 7.31. The van der Waals surface area contributed by atoms with Crippen LogP contribution < -0.4 is 4.90 Å². The van der Waals surface area contributed by atoms with E-state index in [1.807, 2.05) is 20.8 Å². The quantitative estimate of drug-likeness (QED) is 0.430. The van der Waals surface area contributed by atoms with Gasteiger partial charge in [-0.25, -0.2) is 13.4 Å². The first kappa shape index (κ1) is 24.7. The number of anilines is 1. The molecule has 0 N–H and O–H groups in total. The molecule has 0 spiro atoms. The topological polar surface area (TPSA) is 70.8 Å². The summed E-state index contributed by atoms with van der Waals surface area (Å²) in [6.45, 7) is 6.34. The van der Waals surface area contributed by atoms with Gasteiger partial charge >= 0.3 is 6.18 Å². The third-order valence-corrected chi connectivity index (χ3v) is 10.1. The van der Waals surface area contributed by atoms with Gasteiger partial charge < -0.3 is 4.90 Å². The first-order chi connectivity index (χ1) is 15.2. The molecule has 1 aliphatic heterocycles. The molecule has 4 heterocycles. The van der Waals surface area contributed by atoms with Crippen LogP contribution in [0.15, 0.2) is 26.9 Å². The van der Waals surface area contributed by atoms with Gasteiger partial charge in [-0.3, -0.25) is 0 Å². The molecular formula is C19H20BrClF3N5O2S2. The molecule has 0 bridgehead atoms. The number of sulfonamides is 1. The van der Waals surface area contributed by atoms with Crippen LogP contribution in [0.2, 0.25) is 4.34 Å². The van der Waals surface area contributed by atoms with Gasteiger partial charge in [-0.2, -0.15) is 27.1 Å². The van der Waals surface area contributed by atoms with Crippen molar-refractivity contribution in [3.63, 3.8) is 0 Å². The molecule has 7 nitrogen and oxygen atoms in total. The molecule has 3 aromatic rings. The van der Waals surface area contributed by atoms with E-state index < -0.39 is 21.9 Å². The summed E-state index contributed by atoms with van der Waals surface area (Å²) in [5.41, 5.74) is -0.694. The van der Waals surface area contributed by atoms with E-state index in [9.17, 15) is 21.6 Å². The Balaban J connectivity index is 1.66. The van der Waals surface area contributed by atoms with Gasteiger partial charge in [0, 0.05) is 48.2 Å². The SMILES string of the molecule is CC(C)(C)c1cc2nc(C(F)(F)F)cc(N3CCN(S(=O)(=O)c4cc(Br)c(Cl)s4)CC3)n2n1. The summed E-state index contributed by atoms with van der Waals surface area (Å²) in [5, 5.41) is 4.51. The van der Waals surface area contributed by atoms with Crippen molar-refractivity contribution in [2.24, 2.45) is 0 Å². The first-order valence-corrected chi connectivity index (χ1v) is 13.3. The lowest BCUT2D eigenvalue weighted by atomic mass is 9.93. The second-order valence-corrected chi connectivity index (χ2v) is 13.3. The van der Waals surface area contributed by atoms with Gasteiger partial charge in [0.1, 0.15) is 14.4 Å². The van der Waals surface area contributed by atoms with Gasteiger partial charge in [-0.05, 0) is 22.0 Å². The number of aromatic nitrogens is 3. The van der Waals surface area contributed by atoms with E-state index >= 15 is 0 Å². The third-order valence-electron chi connectivity index (χ3n) is 5.25. The average Bonchev–Trinajstić information content (AvgIpc) is 3.30. The van der Waals surface area contributed by atoms with Crippen LogP contribution in [-0.2, 0) is 21.6 Å². The minimum Gasteiger partial charge on any atom is -0.354 e. The predicted molar refractivity (Wildman–Crippen MR) is 125 cm³/mol. The number of alkyl halides is 3. The van der Waals surface area contributed by atoms with E-state index in [0.717, 1.165) is 17.4 Å². The summed E-state index contributed by atoms with van der Waals surface area (Å²) < 4.78 is 70.2. The number of nitrogens with zero attached hydrogens (tertiary/aromatic N) is 5. The Hall–Kier alpha value is -1.41. The van der Waals surface area contributed by atoms with E-state index in [4.69, 9.17) is 11.6 Å². The zero-order valence-electron chi connectivity index (χ0n) is 17.8. The molecule has 0 radical (unpaired) electrons. The number of fused-ring (bicyclic) bond motifs is 1. The Morgan fingerprint density at radius 3 is 2.21 bits per heavy atom. The molecule has 0 aromatic carbocycles. The van der Waals surface area contributed by atoms with Gasteiger partial charge in [0.25, 0.3) is 10.0 Å². The number of halogens is 5. The summed E-state index contributed by atoms with van der Waals surface area (Å²) in [5.74, 6) is 0.224. The molecule has 1 saturated heterocycles. The molecule has 1 aliphatic rings. The van der Waals surface area contributed by atoms with Crippen molar-refractivity contribution in [2.75, 3.05) is 31.1 Å². The van der Waals surface area contributed by atoms with Crippen molar-refractivity contribution in [1.29, 1.82) is 0 Å². The summed E-state index contributed by atoms with van der Waals surface area (Å²) in [7, 11) is -3.76. The monoisotopic (exact) mass is 585 g/mol. The van der Waals surface area contributed by atoms with Crippen LogP contribution in [0, 0.1) is 0 Å². The highest BCUT2D eigenvalue weighted by molar-refractivity contribution is 9.10. The van der Waals surface area contributed by atoms with Gasteiger partial charge in [0.2, 0.25) is 0 Å². The van der Waals surface area contributed by atoms with Crippen molar-refractivity contribution in [1.82, 2.24) is 18.9 Å². The fourth-order valence-electron chi connectivity index (χ4n) is 3.43. The minimum atomic E-state index is -4.63. The maximum atomic E-state index is 13.5. The smallest absolute Gasteiger partial charge is 0.354 e. The van der Waals surface area contributed by atoms with Crippen molar-refractivity contribution in [3.05, 3.63) is 38.4 Å². The van der Waals surface area contributed by atoms with Gasteiger partial charge in [0.05, 0.1) is 5.69 Å². The van der Waals surface area contributed by atoms with E-state index in [0.29, 0.717) is 14.5 Å². The molecule has 0 aliphatic carbocycles. The summed E-state index contributed by atoms with van der Waals surface area (Å²) in [4.78, 5) is 5.47. The lowest BCUT2D eigenvalue weighted by Crippen LogP contribution is -2.49. The largest absolute Gasteiger partial charge is 0.433 e. The highest BCUT2D eigenvalue weighted by atomic mass is 79.9. The van der Waals surface area contributed by atoms with Gasteiger partial charge in [0.15, 0.2) is 11.3 Å². The van der Waals surface area contributed by atoms with Crippen LogP contribution in [0.5, 0.6) is 0 Å². The third kappa shape index (κ3) is 4.75. The standard InChI is InChI=1S/C19H20BrClF3N5O2S2/c1-18(2,3)12-9-14-25-13(19(22,23)24)10-15(29(14)26-12)27-4-6-28(7-5-27)33(30,31)16-8-11(20)17(21)32-16/h8-10H,4-7H2,1-3H3. The van der Waals surface area contributed by atoms with Crippen LogP contribution in [0.3, 0.4) is 0 Å². The van der Waals surface area contributed by atoms with Crippen LogP contribution in [0.1, 0.15) is 32.2 Å². The number of hydrogen-bond donors (Lipinski definition) is 0. The summed E-state index contributed by atoms with van der Waals surface area (Å²) in [6.07, 6.45) is -4.63. The summed E-state index contributed by atoms with van der Waals surface area (Å²) in [6, 6.07) is 3.97. The molecule has 3 aromatic heterocycles. The zero-order valence-corrected chi connectivity index (χ0v) is 21.8. The Bertz CT molecular complexity index is 1290. The average molecular weight is 587 g/mol. The van der Waals surface area contributed by atoms with Crippen molar-refractivity contribution in [3.8, 4) is 0 Å². The number of piperazine rings is 1. The van der Waals surface area contributed by atoms with Crippen LogP contribution in [0.4, 0.5) is 19.0 Å². The van der Waals surface area contributed by atoms with E-state index in [1.54, 1.807) is 11.0 Å². The first-order valence-electron chi connectivity index (χ1n) is 9.86. The maximum Gasteiger partial charge on any atom is 0.433 e. The molecule has 0 unspecified atom stereocenters. The number of rotatable bonds is 3. The van der Waals surface area contributed by atoms with Gasteiger partial charge in [-0.1, -0.05) is 32.4 Å². The second kappa shape index (κ2) is 8.36. The normalized spacial score (nSPS) is 16.7. The summed E-state index contributed by atoms with van der Waals surface area (Å²) >= 11 is 10.2. The molecule has 4 rings (SSSR count). The molecule has 14 heteroatoms. The Kier molecular flexibility index (Phi) is 6.26. The molecule has 0 amide bonds. The lowest BCUT2D eigenvalue weighted by Gasteiger charge is -2.35. The van der Waals surface area contributed by atoms with Crippen LogP contribution in [0.25, 0.3) is 5.65 Å². The van der Waals surface area contributed by atoms with Crippen molar-refractivity contribution in [2.45, 2.75) is 36.6 Å². The Morgan fingerprint density at radius 1 is 1.06 bits per heavy atom. The number of hydrogen-bond acceptors (Lipinski definition) is 6. The molecule has 0 atom stereocenters. The molecule has 0 saturated carbocycles. The lowest BCUT2D eigenvalue weighted by molar-refractivity contribution is -0.141. The molecular weight excluding hydrogens is 567 g/mol. The Labute approximate surface area is 206 Å². The molecule has 33 heavy (non-hydrogen) atoms. The molecule has 1 fully saturated rings. The van der Waals surface area contributed by atoms with Crippen molar-refractivity contribution < 1.29 is 21.6 Å². The predicted octanol–water partition coefficient (Wildman–Crippen LogP) is 5.03. The van der Waals surface area contributed by atoms with E-state index in [-0.39, 0.29) is 47.3 Å². The fraction of sp³-hybridized carbons (Fsp3) is 0.474. The van der Waals surface area contributed by atoms with Crippen molar-refractivity contribution >= 4 is 60.4 Å². The second-order valence-electron chi connectivity index (χ2n) is 8.63. The maximum absolute atomic E-state index is 13.5. The minimum absolute atomic E-state index is 0.0953. The highest BCUT2D eigenvalue weighted by Crippen LogP contribution is 2.37. The highest BCUT2D eigenvalue weighted by Gasteiger charge is 2.36. The van der Waals surface area contributed by atoms with E-state index in [2.05, 4.69) is 26.0 Å². The zero-order chi connectivity index (χ0) is 24.3. The van der Waals surface area contributed by atoms with E-state index in [1.165, 1.54) is 14.9 Å². The number of thiophene rings is 1. The van der Waals surface area contributed by atoms with Crippen LogP contribution >= 0.6 is 38.9 Å².